The van der Waals surface area contributed by atoms with Gasteiger partial charge in [-0.3, -0.25) is 0 Å². The van der Waals surface area contributed by atoms with Crippen LogP contribution in [-0.2, 0) is 0 Å². The number of nitrogens with zero attached hydrogens (tertiary/aromatic N) is 1. The van der Waals surface area contributed by atoms with Gasteiger partial charge in [0, 0.05) is 5.39 Å². The molecule has 1 aromatic heterocycles. The minimum atomic E-state index is 0.802. The molecule has 2 nitrogen and oxygen atoms in total. The van der Waals surface area contributed by atoms with Gasteiger partial charge in [-0.25, -0.2) is 0 Å². The highest BCUT2D eigenvalue weighted by Crippen LogP contribution is 2.25. The molecule has 58 valence electrons. The zero-order valence-electron chi connectivity index (χ0n) is 6.15. The predicted octanol–water partition coefficient (Wildman–Crippen LogP) is 3.17. The van der Waals surface area contributed by atoms with Crippen molar-refractivity contribution in [2.45, 2.75) is 0 Å². The Morgan fingerprint density at radius 2 is 2.25 bits per heavy atom. The van der Waals surface area contributed by atoms with Crippen molar-refractivity contribution in [1.82, 2.24) is 0 Å². The standard InChI is InChI=1S/C9H5NOS/c12-6-10-8-2-1-3-9-7(8)4-5-11-9/h1-5H. The summed E-state index contributed by atoms with van der Waals surface area (Å²) in [4.78, 5) is 3.91. The molecule has 2 rings (SSSR count). The minimum absolute atomic E-state index is 0.802. The first-order valence-corrected chi connectivity index (χ1v) is 3.87. The quantitative estimate of drug-likeness (QED) is 0.491. The summed E-state index contributed by atoms with van der Waals surface area (Å²) < 4.78 is 5.18. The van der Waals surface area contributed by atoms with Crippen LogP contribution in [0.1, 0.15) is 0 Å². The second kappa shape index (κ2) is 2.89. The van der Waals surface area contributed by atoms with Crippen molar-refractivity contribution < 1.29 is 4.42 Å². The van der Waals surface area contributed by atoms with Gasteiger partial charge in [0.25, 0.3) is 0 Å². The van der Waals surface area contributed by atoms with Crippen molar-refractivity contribution in [1.29, 1.82) is 0 Å². The zero-order chi connectivity index (χ0) is 8.39. The molecule has 2 aromatic rings. The molecule has 1 heterocycles. The zero-order valence-corrected chi connectivity index (χ0v) is 6.97. The second-order valence-corrected chi connectivity index (χ2v) is 2.50. The van der Waals surface area contributed by atoms with Crippen molar-refractivity contribution in [3.63, 3.8) is 0 Å². The summed E-state index contributed by atoms with van der Waals surface area (Å²) in [6.07, 6.45) is 1.63. The molecule has 0 bridgehead atoms. The first-order chi connectivity index (χ1) is 5.92. The molecule has 0 saturated carbocycles. The lowest BCUT2D eigenvalue weighted by Gasteiger charge is -1.90. The number of furan rings is 1. The van der Waals surface area contributed by atoms with Crippen molar-refractivity contribution in [3.05, 3.63) is 30.5 Å². The molecule has 0 amide bonds. The summed E-state index contributed by atoms with van der Waals surface area (Å²) in [6.45, 7) is 0. The Bertz CT molecular complexity index is 454. The molecule has 0 aliphatic heterocycles. The number of fused-ring (bicyclic) bond motifs is 1. The Kier molecular flexibility index (Phi) is 1.74. The van der Waals surface area contributed by atoms with Gasteiger partial charge in [-0.2, -0.15) is 4.99 Å². The average Bonchev–Trinajstić information content (AvgIpc) is 2.53. The topological polar surface area (TPSA) is 25.5 Å². The van der Waals surface area contributed by atoms with Crippen molar-refractivity contribution in [3.8, 4) is 0 Å². The summed E-state index contributed by atoms with van der Waals surface area (Å²) in [7, 11) is 0. The van der Waals surface area contributed by atoms with Gasteiger partial charge in [-0.1, -0.05) is 6.07 Å². The van der Waals surface area contributed by atoms with Gasteiger partial charge in [-0.05, 0) is 30.4 Å². The van der Waals surface area contributed by atoms with Gasteiger partial charge < -0.3 is 4.42 Å². The summed E-state index contributed by atoms with van der Waals surface area (Å²) in [5, 5.41) is 3.30. The third-order valence-electron chi connectivity index (χ3n) is 1.64. The van der Waals surface area contributed by atoms with Crippen LogP contribution in [0.2, 0.25) is 0 Å². The van der Waals surface area contributed by atoms with Crippen molar-refractivity contribution in [2.24, 2.45) is 4.99 Å². The number of hydrogen-bond acceptors (Lipinski definition) is 3. The van der Waals surface area contributed by atoms with E-state index >= 15 is 0 Å². The Labute approximate surface area is 74.5 Å². The average molecular weight is 175 g/mol. The Morgan fingerprint density at radius 1 is 1.33 bits per heavy atom. The highest BCUT2D eigenvalue weighted by atomic mass is 32.1. The van der Waals surface area contributed by atoms with E-state index in [1.54, 1.807) is 6.26 Å². The van der Waals surface area contributed by atoms with Crippen LogP contribution in [0.3, 0.4) is 0 Å². The lowest BCUT2D eigenvalue weighted by Crippen LogP contribution is -1.65. The van der Waals surface area contributed by atoms with E-state index in [9.17, 15) is 0 Å². The predicted molar refractivity (Wildman–Crippen MR) is 50.9 cm³/mol. The molecule has 0 aliphatic rings. The molecule has 0 spiro atoms. The summed E-state index contributed by atoms with van der Waals surface area (Å²) >= 11 is 4.52. The normalized spacial score (nSPS) is 9.67. The van der Waals surface area contributed by atoms with E-state index in [0.717, 1.165) is 16.7 Å². The smallest absolute Gasteiger partial charge is 0.136 e. The third kappa shape index (κ3) is 1.05. The number of aliphatic imine (C=N–C) groups is 1. The maximum absolute atomic E-state index is 5.18. The van der Waals surface area contributed by atoms with E-state index in [1.807, 2.05) is 24.3 Å². The largest absolute Gasteiger partial charge is 0.464 e. The first kappa shape index (κ1) is 7.22. The van der Waals surface area contributed by atoms with E-state index in [-0.39, 0.29) is 0 Å². The van der Waals surface area contributed by atoms with Crippen LogP contribution in [-0.4, -0.2) is 5.16 Å². The lowest BCUT2D eigenvalue weighted by molar-refractivity contribution is 0.616. The maximum atomic E-state index is 5.18. The van der Waals surface area contributed by atoms with Gasteiger partial charge in [0.2, 0.25) is 0 Å². The molecule has 0 N–H and O–H groups in total. The molecule has 0 fully saturated rings. The number of isothiocyanates is 1. The number of benzene rings is 1. The van der Waals surface area contributed by atoms with Crippen LogP contribution in [0.4, 0.5) is 5.69 Å². The van der Waals surface area contributed by atoms with Crippen LogP contribution < -0.4 is 0 Å². The molecule has 0 saturated heterocycles. The molecule has 3 heteroatoms. The Balaban J connectivity index is 2.81. The van der Waals surface area contributed by atoms with E-state index in [4.69, 9.17) is 4.42 Å². The highest BCUT2D eigenvalue weighted by molar-refractivity contribution is 7.78. The fourth-order valence-corrected chi connectivity index (χ4v) is 1.22. The first-order valence-electron chi connectivity index (χ1n) is 3.46. The third-order valence-corrected chi connectivity index (χ3v) is 1.73. The molecule has 0 atom stereocenters. The van der Waals surface area contributed by atoms with E-state index in [0.29, 0.717) is 0 Å². The van der Waals surface area contributed by atoms with Crippen LogP contribution in [0.5, 0.6) is 0 Å². The van der Waals surface area contributed by atoms with Crippen LogP contribution in [0.25, 0.3) is 11.0 Å². The van der Waals surface area contributed by atoms with Crippen LogP contribution in [0, 0.1) is 0 Å². The van der Waals surface area contributed by atoms with Crippen LogP contribution in [0.15, 0.2) is 39.9 Å². The van der Waals surface area contributed by atoms with Gasteiger partial charge in [0.15, 0.2) is 0 Å². The van der Waals surface area contributed by atoms with Gasteiger partial charge >= 0.3 is 0 Å². The highest BCUT2D eigenvalue weighted by Gasteiger charge is 1.99. The second-order valence-electron chi connectivity index (χ2n) is 2.31. The molecule has 12 heavy (non-hydrogen) atoms. The number of rotatable bonds is 1. The van der Waals surface area contributed by atoms with E-state index in [1.165, 1.54) is 0 Å². The summed E-state index contributed by atoms with van der Waals surface area (Å²) in [5.74, 6) is 0. The van der Waals surface area contributed by atoms with Gasteiger partial charge in [0.1, 0.15) is 5.58 Å². The Morgan fingerprint density at radius 3 is 3.08 bits per heavy atom. The SMILES string of the molecule is S=C=Nc1cccc2occc12. The fourth-order valence-electron chi connectivity index (χ4n) is 1.12. The monoisotopic (exact) mass is 175 g/mol. The molecular weight excluding hydrogens is 170 g/mol. The Hall–Kier alpha value is -1.44. The number of thiocarbonyl (C=S) groups is 1. The summed E-state index contributed by atoms with van der Waals surface area (Å²) in [6, 6.07) is 7.49. The summed E-state index contributed by atoms with van der Waals surface area (Å²) in [5.41, 5.74) is 1.62. The van der Waals surface area contributed by atoms with Crippen molar-refractivity contribution in [2.75, 3.05) is 0 Å². The minimum Gasteiger partial charge on any atom is -0.464 e. The maximum Gasteiger partial charge on any atom is 0.136 e. The molecular formula is C9H5NOS. The van der Waals surface area contributed by atoms with E-state index in [2.05, 4.69) is 22.4 Å². The van der Waals surface area contributed by atoms with Crippen molar-refractivity contribution >= 4 is 34.0 Å². The molecule has 0 unspecified atom stereocenters. The van der Waals surface area contributed by atoms with Crippen LogP contribution >= 0.6 is 12.2 Å². The molecule has 0 aliphatic carbocycles. The molecule has 0 radical (unpaired) electrons. The van der Waals surface area contributed by atoms with Gasteiger partial charge in [0.05, 0.1) is 17.1 Å². The van der Waals surface area contributed by atoms with E-state index < -0.39 is 0 Å². The lowest BCUT2D eigenvalue weighted by atomic mass is 10.2. The molecule has 1 aromatic carbocycles. The fraction of sp³-hybridized carbons (Fsp3) is 0. The van der Waals surface area contributed by atoms with Gasteiger partial charge in [-0.15, -0.1) is 0 Å². The number of hydrogen-bond donors (Lipinski definition) is 0.